The van der Waals surface area contributed by atoms with Crippen molar-refractivity contribution in [1.29, 1.82) is 0 Å². The zero-order chi connectivity index (χ0) is 45.5. The summed E-state index contributed by atoms with van der Waals surface area (Å²) in [4.78, 5) is 25.5. The molecule has 0 aromatic carbocycles. The normalized spacial score (nSPS) is 19.9. The highest BCUT2D eigenvalue weighted by Crippen LogP contribution is 2.24. The van der Waals surface area contributed by atoms with Crippen molar-refractivity contribution in [2.24, 2.45) is 0 Å². The van der Waals surface area contributed by atoms with Gasteiger partial charge in [0.15, 0.2) is 12.4 Å². The van der Waals surface area contributed by atoms with E-state index in [2.05, 4.69) is 26.0 Å². The molecule has 0 amide bonds. The van der Waals surface area contributed by atoms with Gasteiger partial charge in [-0.3, -0.25) is 14.1 Å². The smallest absolute Gasteiger partial charge is 0.306 e. The van der Waals surface area contributed by atoms with E-state index in [0.717, 1.165) is 57.8 Å². The third-order valence-electron chi connectivity index (χ3n) is 11.8. The lowest BCUT2D eigenvalue weighted by Crippen LogP contribution is -2.60. The van der Waals surface area contributed by atoms with Gasteiger partial charge in [-0.15, -0.1) is 0 Å². The summed E-state index contributed by atoms with van der Waals surface area (Å²) in [5, 5.41) is 30.9. The van der Waals surface area contributed by atoms with E-state index in [-0.39, 0.29) is 19.4 Å². The minimum atomic E-state index is -4.60. The lowest BCUT2D eigenvalue weighted by atomic mass is 10.00. The molecule has 0 bridgehead atoms. The Bertz CT molecular complexity index is 1200. The quantitative estimate of drug-likeness (QED) is 0.0197. The molecular weight excluding hydrogens is 813 g/mol. The Hall–Kier alpha value is -1.61. The molecule has 366 valence electrons. The molecule has 0 aromatic heterocycles. The third-order valence-corrected chi connectivity index (χ3v) is 12.6. The van der Waals surface area contributed by atoms with Gasteiger partial charge in [0.25, 0.3) is 10.1 Å². The van der Waals surface area contributed by atoms with Gasteiger partial charge in [0.05, 0.1) is 6.61 Å². The van der Waals surface area contributed by atoms with Crippen LogP contribution in [0.25, 0.3) is 0 Å². The highest BCUT2D eigenvalue weighted by molar-refractivity contribution is 7.85. The first-order valence-electron chi connectivity index (χ1n) is 25.2. The van der Waals surface area contributed by atoms with Gasteiger partial charge < -0.3 is 34.3 Å². The highest BCUT2D eigenvalue weighted by Gasteiger charge is 2.46. The number of hydrogen-bond donors (Lipinski definition) is 4. The van der Waals surface area contributed by atoms with Crippen LogP contribution >= 0.6 is 0 Å². The zero-order valence-corrected chi connectivity index (χ0v) is 40.1. The number of aliphatic hydroxyl groups excluding tert-OH is 3. The van der Waals surface area contributed by atoms with Crippen LogP contribution in [0.2, 0.25) is 0 Å². The van der Waals surface area contributed by atoms with Crippen LogP contribution in [0.1, 0.15) is 232 Å². The van der Waals surface area contributed by atoms with Crippen molar-refractivity contribution in [3.05, 3.63) is 12.2 Å². The van der Waals surface area contributed by atoms with E-state index in [1.807, 2.05) is 0 Å². The molecule has 1 rings (SSSR count). The van der Waals surface area contributed by atoms with Crippen molar-refractivity contribution >= 4 is 22.1 Å². The van der Waals surface area contributed by atoms with Crippen molar-refractivity contribution < 1.29 is 56.8 Å². The Morgan fingerprint density at radius 3 is 1.34 bits per heavy atom. The van der Waals surface area contributed by atoms with Crippen LogP contribution in [0, 0.1) is 0 Å². The number of carbonyl (C=O) groups is 2. The molecule has 0 radical (unpaired) electrons. The largest absolute Gasteiger partial charge is 0.462 e. The summed E-state index contributed by atoms with van der Waals surface area (Å²) < 4.78 is 54.2. The standard InChI is InChI=1S/C49H92O12S/c1-3-5-7-9-11-13-15-17-19-20-21-22-24-25-27-29-31-33-35-37-44(50)58-39-42(40-59-49-48(54)47(53)46(52)43(61-49)41-62(55,56)57)60-45(51)38-36-34-32-30-28-26-23-18-16-14-12-10-8-6-4-2/h18,23,42-43,46-49,52-54H,3-17,19-22,24-41H2,1-2H3,(H,55,56,57)/b23-18+/t42-,43-,46-,47?,48?,49+/m1/s1. The fraction of sp³-hybridized carbons (Fsp3) is 0.918. The van der Waals surface area contributed by atoms with E-state index in [4.69, 9.17) is 18.9 Å². The fourth-order valence-electron chi connectivity index (χ4n) is 7.91. The Morgan fingerprint density at radius 1 is 0.532 bits per heavy atom. The molecule has 62 heavy (non-hydrogen) atoms. The van der Waals surface area contributed by atoms with Crippen LogP contribution in [-0.4, -0.2) is 96.0 Å². The second-order valence-electron chi connectivity index (χ2n) is 17.8. The number of hydrogen-bond acceptors (Lipinski definition) is 11. The monoisotopic (exact) mass is 905 g/mol. The molecule has 0 saturated carbocycles. The van der Waals surface area contributed by atoms with Crippen LogP contribution in [0.4, 0.5) is 0 Å². The van der Waals surface area contributed by atoms with Gasteiger partial charge >= 0.3 is 11.9 Å². The van der Waals surface area contributed by atoms with Crippen molar-refractivity contribution in [3.8, 4) is 0 Å². The van der Waals surface area contributed by atoms with Crippen LogP contribution in [0.5, 0.6) is 0 Å². The SMILES string of the molecule is CCCCCCCC/C=C/CCCCCCCC(=O)O[C@H](COC(=O)CCCCCCCCCCCCCCCCCCCCC)CO[C@H]1O[C@H](CS(=O)(=O)O)[C@@H](O)C(O)C1O. The molecule has 2 unspecified atom stereocenters. The van der Waals surface area contributed by atoms with Gasteiger partial charge in [-0.2, -0.15) is 8.42 Å². The van der Waals surface area contributed by atoms with Crippen molar-refractivity contribution in [2.75, 3.05) is 19.0 Å². The van der Waals surface area contributed by atoms with Gasteiger partial charge in [0.1, 0.15) is 36.8 Å². The van der Waals surface area contributed by atoms with Gasteiger partial charge in [0.2, 0.25) is 0 Å². The topological polar surface area (TPSA) is 186 Å². The Kier molecular flexibility index (Phi) is 37.4. The Morgan fingerprint density at radius 2 is 0.919 bits per heavy atom. The summed E-state index contributed by atoms with van der Waals surface area (Å²) in [6.45, 7) is 3.78. The van der Waals surface area contributed by atoms with Gasteiger partial charge in [0, 0.05) is 12.8 Å². The number of rotatable bonds is 43. The summed E-state index contributed by atoms with van der Waals surface area (Å²) >= 11 is 0. The molecule has 1 fully saturated rings. The maximum atomic E-state index is 12.8. The third kappa shape index (κ3) is 33.8. The highest BCUT2D eigenvalue weighted by atomic mass is 32.2. The van der Waals surface area contributed by atoms with Crippen LogP contribution in [0.3, 0.4) is 0 Å². The molecule has 12 nitrogen and oxygen atoms in total. The molecular formula is C49H92O12S. The number of esters is 2. The predicted octanol–water partition coefficient (Wildman–Crippen LogP) is 11.0. The molecule has 0 aliphatic carbocycles. The lowest BCUT2D eigenvalue weighted by molar-refractivity contribution is -0.297. The van der Waals surface area contributed by atoms with Gasteiger partial charge in [-0.25, -0.2) is 0 Å². The number of ether oxygens (including phenoxy) is 4. The minimum Gasteiger partial charge on any atom is -0.462 e. The van der Waals surface area contributed by atoms with E-state index < -0.39 is 71.2 Å². The summed E-state index contributed by atoms with van der Waals surface area (Å²) in [7, 11) is -4.60. The number of carbonyl (C=O) groups excluding carboxylic acids is 2. The summed E-state index contributed by atoms with van der Waals surface area (Å²) in [5.74, 6) is -1.98. The van der Waals surface area contributed by atoms with Gasteiger partial charge in [-0.05, 0) is 38.5 Å². The Balaban J connectivity index is 2.37. The van der Waals surface area contributed by atoms with Crippen LogP contribution < -0.4 is 0 Å². The summed E-state index contributed by atoms with van der Waals surface area (Å²) in [5.41, 5.74) is 0. The molecule has 1 aliphatic rings. The fourth-order valence-corrected chi connectivity index (χ4v) is 8.60. The second-order valence-corrected chi connectivity index (χ2v) is 19.3. The van der Waals surface area contributed by atoms with E-state index >= 15 is 0 Å². The molecule has 0 spiro atoms. The Labute approximate surface area is 377 Å². The number of allylic oxidation sites excluding steroid dienone is 2. The van der Waals surface area contributed by atoms with E-state index in [9.17, 15) is 37.9 Å². The molecule has 6 atom stereocenters. The predicted molar refractivity (Wildman–Crippen MR) is 247 cm³/mol. The van der Waals surface area contributed by atoms with Crippen LogP contribution in [-0.2, 0) is 38.7 Å². The van der Waals surface area contributed by atoms with Crippen molar-refractivity contribution in [2.45, 2.75) is 269 Å². The van der Waals surface area contributed by atoms with Crippen LogP contribution in [0.15, 0.2) is 12.2 Å². The van der Waals surface area contributed by atoms with Gasteiger partial charge in [-0.1, -0.05) is 193 Å². The molecule has 1 heterocycles. The van der Waals surface area contributed by atoms with E-state index in [1.165, 1.54) is 135 Å². The average molecular weight is 905 g/mol. The number of aliphatic hydroxyl groups is 3. The number of unbranched alkanes of at least 4 members (excludes halogenated alkanes) is 29. The van der Waals surface area contributed by atoms with Crippen molar-refractivity contribution in [3.63, 3.8) is 0 Å². The average Bonchev–Trinajstić information content (AvgIpc) is 3.24. The van der Waals surface area contributed by atoms with Crippen molar-refractivity contribution in [1.82, 2.24) is 0 Å². The van der Waals surface area contributed by atoms with E-state index in [0.29, 0.717) is 12.8 Å². The first kappa shape index (κ1) is 58.4. The second kappa shape index (κ2) is 39.7. The maximum Gasteiger partial charge on any atom is 0.306 e. The first-order chi connectivity index (χ1) is 30.0. The zero-order valence-electron chi connectivity index (χ0n) is 39.2. The first-order valence-corrected chi connectivity index (χ1v) is 26.9. The lowest BCUT2D eigenvalue weighted by Gasteiger charge is -2.40. The molecule has 0 aromatic rings. The molecule has 1 aliphatic heterocycles. The van der Waals surface area contributed by atoms with E-state index in [1.54, 1.807) is 0 Å². The molecule has 4 N–H and O–H groups in total. The summed E-state index contributed by atoms with van der Waals surface area (Å²) in [6, 6.07) is 0. The molecule has 1 saturated heterocycles. The molecule has 13 heteroatoms. The minimum absolute atomic E-state index is 0.159. The maximum absolute atomic E-state index is 12.8. The summed E-state index contributed by atoms with van der Waals surface area (Å²) in [6.07, 6.45) is 33.9.